The SMILES string of the molecule is O=CN(SC(F)(Cl)Cl)c1ccc([S+]([O-])c2ccc(N(C=O)SC(F)(Cl)Cl)cc2)cc1. The number of amides is 2. The highest BCUT2D eigenvalue weighted by atomic mass is 35.5. The first-order chi connectivity index (χ1) is 13.9. The lowest BCUT2D eigenvalue weighted by molar-refractivity contribution is -0.107. The maximum atomic E-state index is 13.3. The van der Waals surface area contributed by atoms with E-state index in [1.54, 1.807) is 0 Å². The second-order valence-corrected chi connectivity index (χ2v) is 12.3. The standard InChI is InChI=1S/C16H10Cl4F2N2O3S3/c17-15(18,21)28-23(9-25)11-1-5-13(6-2-11)30(27)14-7-3-12(4-8-14)24(10-26)29-16(19,20)22/h1-10H. The van der Waals surface area contributed by atoms with E-state index in [1.165, 1.54) is 48.5 Å². The number of anilines is 2. The molecule has 0 saturated heterocycles. The Morgan fingerprint density at radius 1 is 0.767 bits per heavy atom. The molecule has 0 aliphatic rings. The third kappa shape index (κ3) is 7.83. The van der Waals surface area contributed by atoms with E-state index >= 15 is 0 Å². The van der Waals surface area contributed by atoms with Crippen molar-refractivity contribution in [2.24, 2.45) is 0 Å². The second kappa shape index (κ2) is 10.8. The summed E-state index contributed by atoms with van der Waals surface area (Å²) in [6, 6.07) is 11.7. The number of carbonyl (C=O) groups excluding carboxylic acids is 2. The molecular weight excluding hydrogens is 544 g/mol. The Labute approximate surface area is 202 Å². The van der Waals surface area contributed by atoms with Gasteiger partial charge in [-0.15, -0.1) is 0 Å². The van der Waals surface area contributed by atoms with Crippen molar-refractivity contribution in [1.29, 1.82) is 0 Å². The fourth-order valence-corrected chi connectivity index (χ4v) is 4.98. The van der Waals surface area contributed by atoms with Gasteiger partial charge in [-0.3, -0.25) is 18.2 Å². The molecule has 0 aliphatic heterocycles. The number of carbonyl (C=O) groups is 2. The van der Waals surface area contributed by atoms with Gasteiger partial charge in [0, 0.05) is 35.1 Å². The topological polar surface area (TPSA) is 63.7 Å². The van der Waals surface area contributed by atoms with Crippen molar-refractivity contribution < 1.29 is 22.9 Å². The van der Waals surface area contributed by atoms with Crippen molar-refractivity contribution in [2.45, 2.75) is 17.6 Å². The molecule has 0 atom stereocenters. The predicted octanol–water partition coefficient (Wildman–Crippen LogP) is 6.19. The van der Waals surface area contributed by atoms with Crippen LogP contribution in [0.2, 0.25) is 0 Å². The molecule has 0 N–H and O–H groups in total. The van der Waals surface area contributed by atoms with Gasteiger partial charge in [0.15, 0.2) is 9.79 Å². The smallest absolute Gasteiger partial charge is 0.324 e. The number of nitrogens with zero attached hydrogens (tertiary/aromatic N) is 2. The third-order valence-electron chi connectivity index (χ3n) is 3.21. The summed E-state index contributed by atoms with van der Waals surface area (Å²) < 4.78 is 35.8. The van der Waals surface area contributed by atoms with Crippen molar-refractivity contribution in [3.63, 3.8) is 0 Å². The minimum atomic E-state index is -2.70. The van der Waals surface area contributed by atoms with Crippen molar-refractivity contribution in [1.82, 2.24) is 0 Å². The summed E-state index contributed by atoms with van der Waals surface area (Å²) in [5.41, 5.74) is 0.537. The Hall–Kier alpha value is -0.590. The number of halogens is 6. The summed E-state index contributed by atoms with van der Waals surface area (Å²) >= 11 is 19.9. The first-order valence-corrected chi connectivity index (χ1v) is 11.8. The molecule has 0 spiro atoms. The van der Waals surface area contributed by atoms with E-state index in [0.717, 1.165) is 8.61 Å². The lowest BCUT2D eigenvalue weighted by atomic mass is 10.3. The van der Waals surface area contributed by atoms with E-state index < -0.39 is 19.0 Å². The van der Waals surface area contributed by atoms with Gasteiger partial charge in [-0.05, 0) is 48.5 Å². The summed E-state index contributed by atoms with van der Waals surface area (Å²) in [7, 11) is 0. The second-order valence-electron chi connectivity index (χ2n) is 5.19. The van der Waals surface area contributed by atoms with E-state index in [2.05, 4.69) is 0 Å². The molecule has 162 valence electrons. The Bertz CT molecular complexity index is 797. The van der Waals surface area contributed by atoms with Crippen LogP contribution in [-0.4, -0.2) is 25.2 Å². The molecule has 0 heterocycles. The zero-order chi connectivity index (χ0) is 22.5. The van der Waals surface area contributed by atoms with Gasteiger partial charge in [-0.2, -0.15) is 8.78 Å². The van der Waals surface area contributed by atoms with Gasteiger partial charge < -0.3 is 4.55 Å². The van der Waals surface area contributed by atoms with Crippen LogP contribution in [0.5, 0.6) is 0 Å². The largest absolute Gasteiger partial charge is 0.606 e. The molecule has 2 aromatic carbocycles. The van der Waals surface area contributed by atoms with E-state index in [4.69, 9.17) is 46.4 Å². The number of hydrogen-bond acceptors (Lipinski definition) is 5. The molecule has 5 nitrogen and oxygen atoms in total. The number of rotatable bonds is 10. The van der Waals surface area contributed by atoms with Crippen LogP contribution >= 0.6 is 70.3 Å². The molecule has 0 aromatic heterocycles. The molecule has 0 saturated carbocycles. The van der Waals surface area contributed by atoms with Gasteiger partial charge in [-0.1, -0.05) is 46.4 Å². The molecule has 0 unspecified atom stereocenters. The number of alkyl halides is 6. The van der Waals surface area contributed by atoms with E-state index in [-0.39, 0.29) is 35.3 Å². The Kier molecular flexibility index (Phi) is 9.26. The molecule has 2 aromatic rings. The average molecular weight is 554 g/mol. The van der Waals surface area contributed by atoms with Gasteiger partial charge >= 0.3 is 7.84 Å². The Morgan fingerprint density at radius 3 is 1.30 bits per heavy atom. The van der Waals surface area contributed by atoms with Crippen LogP contribution < -0.4 is 8.61 Å². The van der Waals surface area contributed by atoms with Crippen LogP contribution in [0.1, 0.15) is 0 Å². The van der Waals surface area contributed by atoms with Crippen molar-refractivity contribution in [3.05, 3.63) is 48.5 Å². The lowest BCUT2D eigenvalue weighted by Gasteiger charge is -2.20. The van der Waals surface area contributed by atoms with Crippen LogP contribution in [0.25, 0.3) is 0 Å². The van der Waals surface area contributed by atoms with Gasteiger partial charge in [-0.25, -0.2) is 0 Å². The van der Waals surface area contributed by atoms with E-state index in [9.17, 15) is 22.9 Å². The highest BCUT2D eigenvalue weighted by Gasteiger charge is 2.29. The summed E-state index contributed by atoms with van der Waals surface area (Å²) in [5, 5.41) is 0. The zero-order valence-electron chi connectivity index (χ0n) is 14.4. The minimum absolute atomic E-state index is 0.249. The fourth-order valence-electron chi connectivity index (χ4n) is 2.06. The van der Waals surface area contributed by atoms with Gasteiger partial charge in [0.1, 0.15) is 0 Å². The molecule has 0 fully saturated rings. The first kappa shape index (κ1) is 25.7. The third-order valence-corrected chi connectivity index (χ3v) is 6.84. The van der Waals surface area contributed by atoms with Crippen LogP contribution in [0.4, 0.5) is 20.2 Å². The molecular formula is C16H10Cl4F2N2O3S3. The quantitative estimate of drug-likeness (QED) is 0.152. The van der Waals surface area contributed by atoms with Crippen molar-refractivity contribution in [2.75, 3.05) is 8.61 Å². The van der Waals surface area contributed by atoms with E-state index in [1.807, 2.05) is 0 Å². The summed E-state index contributed by atoms with van der Waals surface area (Å²) in [6.45, 7) is 0. The van der Waals surface area contributed by atoms with Crippen LogP contribution in [0, 0.1) is 0 Å². The number of benzene rings is 2. The molecule has 0 radical (unpaired) electrons. The van der Waals surface area contributed by atoms with Crippen LogP contribution in [-0.2, 0) is 20.8 Å². The highest BCUT2D eigenvalue weighted by Crippen LogP contribution is 2.41. The maximum Gasteiger partial charge on any atom is 0.324 e. The summed E-state index contributed by atoms with van der Waals surface area (Å²) in [5.74, 6) is 0. The Balaban J connectivity index is 2.15. The molecule has 0 bridgehead atoms. The molecule has 2 amide bonds. The molecule has 14 heteroatoms. The van der Waals surface area contributed by atoms with Gasteiger partial charge in [0.05, 0.1) is 11.4 Å². The normalized spacial score (nSPS) is 12.0. The minimum Gasteiger partial charge on any atom is -0.606 e. The molecule has 30 heavy (non-hydrogen) atoms. The lowest BCUT2D eigenvalue weighted by Crippen LogP contribution is -2.17. The van der Waals surface area contributed by atoms with Crippen molar-refractivity contribution >= 4 is 106 Å². The fraction of sp³-hybridized carbons (Fsp3) is 0.125. The maximum absolute atomic E-state index is 13.3. The monoisotopic (exact) mass is 552 g/mol. The summed E-state index contributed by atoms with van der Waals surface area (Å²) in [6.07, 6.45) is 0.665. The average Bonchev–Trinajstić information content (AvgIpc) is 2.68. The predicted molar refractivity (Wildman–Crippen MR) is 121 cm³/mol. The zero-order valence-corrected chi connectivity index (χ0v) is 19.9. The van der Waals surface area contributed by atoms with Crippen molar-refractivity contribution in [3.8, 4) is 0 Å². The van der Waals surface area contributed by atoms with Crippen LogP contribution in [0.3, 0.4) is 0 Å². The summed E-state index contributed by atoms with van der Waals surface area (Å²) in [4.78, 5) is 23.0. The Morgan fingerprint density at radius 2 is 1.07 bits per heavy atom. The van der Waals surface area contributed by atoms with Gasteiger partial charge in [0.2, 0.25) is 12.8 Å². The van der Waals surface area contributed by atoms with E-state index in [0.29, 0.717) is 22.6 Å². The first-order valence-electron chi connectivity index (χ1n) is 7.56. The number of hydrogen-bond donors (Lipinski definition) is 0. The highest BCUT2D eigenvalue weighted by molar-refractivity contribution is 8.05. The van der Waals surface area contributed by atoms with Gasteiger partial charge in [0.25, 0.3) is 0 Å². The molecule has 0 aliphatic carbocycles. The van der Waals surface area contributed by atoms with Crippen LogP contribution in [0.15, 0.2) is 58.3 Å². The molecule has 2 rings (SSSR count).